The molecule has 6 nitrogen and oxygen atoms in total. The fourth-order valence-corrected chi connectivity index (χ4v) is 4.61. The van der Waals surface area contributed by atoms with Crippen LogP contribution in [0, 0.1) is 6.92 Å². The summed E-state index contributed by atoms with van der Waals surface area (Å²) in [6.07, 6.45) is 0. The molecule has 9 heteroatoms. The largest absolute Gasteiger partial charge is 0.495 e. The summed E-state index contributed by atoms with van der Waals surface area (Å²) >= 11 is 12.1. The number of rotatable bonds is 7. The Hall–Kier alpha value is -2.74. The number of hydrogen-bond donors (Lipinski definition) is 0. The third-order valence-corrected chi connectivity index (χ3v) is 6.61. The fraction of sp³-hybridized carbons (Fsp3) is 0.136. The van der Waals surface area contributed by atoms with Crippen LogP contribution in [0.2, 0.25) is 10.0 Å². The molecule has 0 N–H and O–H groups in total. The van der Waals surface area contributed by atoms with Gasteiger partial charge in [-0.15, -0.1) is 0 Å². The lowest BCUT2D eigenvalue weighted by Gasteiger charge is -2.23. The van der Waals surface area contributed by atoms with Crippen molar-refractivity contribution in [3.8, 4) is 11.5 Å². The van der Waals surface area contributed by atoms with Crippen molar-refractivity contribution in [3.05, 3.63) is 82.3 Å². The smallest absolute Gasteiger partial charge is 0.278 e. The highest BCUT2D eigenvalue weighted by molar-refractivity contribution is 7.93. The maximum absolute atomic E-state index is 13.4. The van der Waals surface area contributed by atoms with Crippen LogP contribution in [0.15, 0.2) is 71.6 Å². The SMILES string of the molecule is COc1ccc(N(C(=O)COc2cccc(Cl)c2)S(=O)(=O)c2ccc(C)cc2)cc1Cl. The molecule has 0 heterocycles. The molecule has 0 aliphatic rings. The number of nitrogens with zero attached hydrogens (tertiary/aromatic N) is 1. The molecule has 0 aromatic heterocycles. The van der Waals surface area contributed by atoms with Crippen molar-refractivity contribution in [2.75, 3.05) is 18.0 Å². The summed E-state index contributed by atoms with van der Waals surface area (Å²) in [4.78, 5) is 13.0. The average molecular weight is 480 g/mol. The van der Waals surface area contributed by atoms with Gasteiger partial charge in [-0.2, -0.15) is 4.31 Å². The van der Waals surface area contributed by atoms with Gasteiger partial charge in [0, 0.05) is 5.02 Å². The van der Waals surface area contributed by atoms with E-state index >= 15 is 0 Å². The standard InChI is InChI=1S/C22H19Cl2NO5S/c1-15-6-9-19(10-7-15)31(27,28)25(17-8-11-21(29-2)20(24)13-17)22(26)14-30-18-5-3-4-16(23)12-18/h3-13H,14H2,1-2H3. The first-order chi connectivity index (χ1) is 14.7. The molecule has 0 spiro atoms. The number of sulfonamides is 1. The van der Waals surface area contributed by atoms with Crippen molar-refractivity contribution < 1.29 is 22.7 Å². The van der Waals surface area contributed by atoms with E-state index in [-0.39, 0.29) is 15.6 Å². The fourth-order valence-electron chi connectivity index (χ4n) is 2.77. The van der Waals surface area contributed by atoms with Gasteiger partial charge in [-0.25, -0.2) is 8.42 Å². The van der Waals surface area contributed by atoms with Gasteiger partial charge in [0.05, 0.1) is 22.7 Å². The molecule has 0 bridgehead atoms. The molecule has 0 fully saturated rings. The van der Waals surface area contributed by atoms with Crippen molar-refractivity contribution in [1.82, 2.24) is 0 Å². The third kappa shape index (κ3) is 5.31. The van der Waals surface area contributed by atoms with E-state index in [1.807, 2.05) is 6.92 Å². The minimum absolute atomic E-state index is 0.0406. The van der Waals surface area contributed by atoms with Crippen LogP contribution in [0.1, 0.15) is 5.56 Å². The Labute approximate surface area is 191 Å². The Bertz CT molecular complexity index is 1200. The zero-order valence-electron chi connectivity index (χ0n) is 16.7. The quantitative estimate of drug-likeness (QED) is 0.470. The molecular weight excluding hydrogens is 461 g/mol. The first kappa shape index (κ1) is 22.9. The summed E-state index contributed by atoms with van der Waals surface area (Å²) in [5.41, 5.74) is 0.944. The van der Waals surface area contributed by atoms with E-state index in [1.54, 1.807) is 30.3 Å². The van der Waals surface area contributed by atoms with E-state index in [9.17, 15) is 13.2 Å². The lowest BCUT2D eigenvalue weighted by atomic mass is 10.2. The summed E-state index contributed by atoms with van der Waals surface area (Å²) in [5.74, 6) is -0.121. The second-order valence-corrected chi connectivity index (χ2v) is 9.17. The number of carbonyl (C=O) groups is 1. The van der Waals surface area contributed by atoms with Gasteiger partial charge in [-0.3, -0.25) is 4.79 Å². The molecule has 31 heavy (non-hydrogen) atoms. The number of anilines is 1. The van der Waals surface area contributed by atoms with Crippen molar-refractivity contribution in [3.63, 3.8) is 0 Å². The maximum atomic E-state index is 13.4. The monoisotopic (exact) mass is 479 g/mol. The highest BCUT2D eigenvalue weighted by Gasteiger charge is 2.32. The lowest BCUT2D eigenvalue weighted by Crippen LogP contribution is -2.40. The summed E-state index contributed by atoms with van der Waals surface area (Å²) in [6.45, 7) is 1.30. The van der Waals surface area contributed by atoms with Gasteiger partial charge >= 0.3 is 0 Å². The lowest BCUT2D eigenvalue weighted by molar-refractivity contribution is -0.119. The zero-order chi connectivity index (χ0) is 22.6. The van der Waals surface area contributed by atoms with Crippen molar-refractivity contribution in [2.45, 2.75) is 11.8 Å². The molecule has 3 rings (SSSR count). The predicted molar refractivity (Wildman–Crippen MR) is 121 cm³/mol. The zero-order valence-corrected chi connectivity index (χ0v) is 19.0. The molecule has 0 unspecified atom stereocenters. The third-order valence-electron chi connectivity index (χ3n) is 4.31. The number of amides is 1. The first-order valence-electron chi connectivity index (χ1n) is 9.09. The van der Waals surface area contributed by atoms with Crippen molar-refractivity contribution >= 4 is 44.8 Å². The highest BCUT2D eigenvalue weighted by atomic mass is 35.5. The summed E-state index contributed by atoms with van der Waals surface area (Å²) in [5, 5.41) is 0.587. The van der Waals surface area contributed by atoms with E-state index < -0.39 is 22.5 Å². The van der Waals surface area contributed by atoms with Crippen LogP contribution in [-0.4, -0.2) is 28.0 Å². The number of aryl methyl sites for hydroxylation is 1. The number of benzene rings is 3. The number of hydrogen-bond acceptors (Lipinski definition) is 5. The van der Waals surface area contributed by atoms with Crippen molar-refractivity contribution in [2.24, 2.45) is 0 Å². The van der Waals surface area contributed by atoms with E-state index in [4.69, 9.17) is 32.7 Å². The van der Waals surface area contributed by atoms with Gasteiger partial charge < -0.3 is 9.47 Å². The van der Waals surface area contributed by atoms with E-state index in [1.165, 1.54) is 43.5 Å². The average Bonchev–Trinajstić information content (AvgIpc) is 2.73. The van der Waals surface area contributed by atoms with Crippen LogP contribution in [0.3, 0.4) is 0 Å². The molecule has 0 saturated heterocycles. The molecule has 1 amide bonds. The Morgan fingerprint density at radius 1 is 1.00 bits per heavy atom. The van der Waals surface area contributed by atoms with E-state index in [0.29, 0.717) is 20.8 Å². The highest BCUT2D eigenvalue weighted by Crippen LogP contribution is 2.32. The van der Waals surface area contributed by atoms with Gasteiger partial charge in [0.2, 0.25) is 0 Å². The van der Waals surface area contributed by atoms with Crippen LogP contribution in [-0.2, 0) is 14.8 Å². The summed E-state index contributed by atoms with van der Waals surface area (Å²) in [7, 11) is -2.80. The molecular formula is C22H19Cl2NO5S. The number of ether oxygens (including phenoxy) is 2. The Morgan fingerprint density at radius 3 is 2.32 bits per heavy atom. The first-order valence-corrected chi connectivity index (χ1v) is 11.3. The molecule has 3 aromatic carbocycles. The van der Waals surface area contributed by atoms with E-state index in [2.05, 4.69) is 0 Å². The Morgan fingerprint density at radius 2 is 1.71 bits per heavy atom. The van der Waals surface area contributed by atoms with Gasteiger partial charge in [-0.1, -0.05) is 47.0 Å². The Balaban J connectivity index is 2.00. The molecule has 0 atom stereocenters. The second-order valence-electron chi connectivity index (χ2n) is 6.54. The van der Waals surface area contributed by atoms with Crippen LogP contribution >= 0.6 is 23.2 Å². The van der Waals surface area contributed by atoms with Crippen LogP contribution in [0.4, 0.5) is 5.69 Å². The van der Waals surface area contributed by atoms with E-state index in [0.717, 1.165) is 5.56 Å². The molecule has 0 saturated carbocycles. The van der Waals surface area contributed by atoms with Crippen LogP contribution in [0.25, 0.3) is 0 Å². The normalized spacial score (nSPS) is 11.1. The summed E-state index contributed by atoms with van der Waals surface area (Å²) in [6, 6.07) is 16.9. The van der Waals surface area contributed by atoms with Crippen LogP contribution in [0.5, 0.6) is 11.5 Å². The summed E-state index contributed by atoms with van der Waals surface area (Å²) < 4.78 is 38.0. The number of methoxy groups -OCH3 is 1. The predicted octanol–water partition coefficient (Wildman–Crippen LogP) is 5.11. The molecule has 0 aliphatic heterocycles. The van der Waals surface area contributed by atoms with Gasteiger partial charge in [-0.05, 0) is 55.5 Å². The molecule has 0 aliphatic carbocycles. The second kappa shape index (κ2) is 9.60. The minimum Gasteiger partial charge on any atom is -0.495 e. The van der Waals surface area contributed by atoms with Gasteiger partial charge in [0.1, 0.15) is 11.5 Å². The van der Waals surface area contributed by atoms with Crippen LogP contribution < -0.4 is 13.8 Å². The van der Waals surface area contributed by atoms with Gasteiger partial charge in [0.15, 0.2) is 6.61 Å². The molecule has 3 aromatic rings. The molecule has 162 valence electrons. The molecule has 0 radical (unpaired) electrons. The number of halogens is 2. The maximum Gasteiger partial charge on any atom is 0.278 e. The minimum atomic E-state index is -4.24. The topological polar surface area (TPSA) is 72.9 Å². The van der Waals surface area contributed by atoms with Crippen molar-refractivity contribution in [1.29, 1.82) is 0 Å². The van der Waals surface area contributed by atoms with Gasteiger partial charge in [0.25, 0.3) is 15.9 Å². The number of carbonyl (C=O) groups excluding carboxylic acids is 1. The Kier molecular flexibility index (Phi) is 7.10.